The minimum Gasteiger partial charge on any atom is -0.506 e. The minimum absolute atomic E-state index is 0.384. The Labute approximate surface area is 73.2 Å². The van der Waals surface area contributed by atoms with Crippen molar-refractivity contribution in [1.29, 1.82) is 0 Å². The second-order valence-corrected chi connectivity index (χ2v) is 1.90. The van der Waals surface area contributed by atoms with Crippen LogP contribution in [0.2, 0.25) is 0 Å². The molecule has 0 aromatic carbocycles. The van der Waals surface area contributed by atoms with Crippen molar-refractivity contribution in [2.45, 2.75) is 6.40 Å². The number of hydrogen-bond acceptors (Lipinski definition) is 3. The van der Waals surface area contributed by atoms with Crippen molar-refractivity contribution in [1.82, 2.24) is 4.98 Å². The molecular weight excluding hydrogens is 168 g/mol. The number of methoxy groups -OCH3 is 1. The third kappa shape index (κ3) is 1.61. The SMILES string of the molecule is [2H]C([2H])([2H])Oc1cnc(C([2H])(F)F)c(O)c1. The summed E-state index contributed by atoms with van der Waals surface area (Å²) >= 11 is 0. The molecule has 0 aliphatic carbocycles. The average Bonchev–Trinajstić information content (AvgIpc) is 1.97. The molecule has 0 unspecified atom stereocenters. The number of rotatable bonds is 2. The van der Waals surface area contributed by atoms with Gasteiger partial charge >= 0.3 is 0 Å². The Kier molecular flexibility index (Phi) is 1.28. The molecule has 0 aliphatic rings. The molecule has 1 aromatic heterocycles. The lowest BCUT2D eigenvalue weighted by Gasteiger charge is -2.03. The summed E-state index contributed by atoms with van der Waals surface area (Å²) in [5, 5.41) is 9.10. The summed E-state index contributed by atoms with van der Waals surface area (Å²) in [6, 6.07) is 0.664. The van der Waals surface area contributed by atoms with E-state index in [0.29, 0.717) is 12.3 Å². The maximum absolute atomic E-state index is 12.5. The van der Waals surface area contributed by atoms with Gasteiger partial charge in [-0.05, 0) is 0 Å². The van der Waals surface area contributed by atoms with Gasteiger partial charge in [0.25, 0.3) is 6.40 Å². The fourth-order valence-electron chi connectivity index (χ4n) is 0.636. The molecule has 66 valence electrons. The van der Waals surface area contributed by atoms with E-state index in [2.05, 4.69) is 9.72 Å². The molecule has 0 aliphatic heterocycles. The summed E-state index contributed by atoms with van der Waals surface area (Å²) < 4.78 is 55.8. The molecule has 0 fully saturated rings. The third-order valence-electron chi connectivity index (χ3n) is 1.14. The van der Waals surface area contributed by atoms with Gasteiger partial charge in [-0.25, -0.2) is 13.8 Å². The summed E-state index contributed by atoms with van der Waals surface area (Å²) in [6.45, 7) is 0. The normalized spacial score (nSPS) is 17.2. The standard InChI is InChI=1S/C7H7F2NO2/c1-12-4-2-5(11)6(7(8)9)10-3-4/h2-3,7,11H,1H3/i1D3,7D. The van der Waals surface area contributed by atoms with E-state index in [0.717, 1.165) is 0 Å². The van der Waals surface area contributed by atoms with Crippen molar-refractivity contribution in [3.05, 3.63) is 18.0 Å². The number of aromatic nitrogens is 1. The first-order valence-electron chi connectivity index (χ1n) is 4.86. The number of aromatic hydroxyl groups is 1. The highest BCUT2D eigenvalue weighted by Gasteiger charge is 2.14. The van der Waals surface area contributed by atoms with E-state index in [1.54, 1.807) is 0 Å². The first kappa shape index (κ1) is 4.59. The molecule has 0 saturated carbocycles. The summed E-state index contributed by atoms with van der Waals surface area (Å²) in [5.74, 6) is -1.38. The Balaban J connectivity index is 3.01. The van der Waals surface area contributed by atoms with E-state index >= 15 is 0 Å². The van der Waals surface area contributed by atoms with Crippen LogP contribution in [0, 0.1) is 0 Å². The monoisotopic (exact) mass is 179 g/mol. The minimum atomic E-state index is -4.05. The average molecular weight is 179 g/mol. The van der Waals surface area contributed by atoms with Gasteiger partial charge in [0.1, 0.15) is 18.6 Å². The molecule has 1 heterocycles. The first-order chi connectivity index (χ1) is 7.09. The molecule has 0 radical (unpaired) electrons. The highest BCUT2D eigenvalue weighted by molar-refractivity contribution is 5.34. The van der Waals surface area contributed by atoms with Gasteiger partial charge in [0.05, 0.1) is 17.3 Å². The lowest BCUT2D eigenvalue weighted by Crippen LogP contribution is -1.92. The summed E-state index contributed by atoms with van der Waals surface area (Å²) in [7, 11) is -2.76. The molecule has 1 aromatic rings. The van der Waals surface area contributed by atoms with E-state index in [4.69, 9.17) is 10.6 Å². The van der Waals surface area contributed by atoms with Crippen molar-refractivity contribution in [2.24, 2.45) is 0 Å². The Bertz CT molecular complexity index is 391. The Hall–Kier alpha value is -1.39. The fourth-order valence-corrected chi connectivity index (χ4v) is 0.636. The lowest BCUT2D eigenvalue weighted by molar-refractivity contribution is 0.141. The predicted molar refractivity (Wildman–Crippen MR) is 37.4 cm³/mol. The van der Waals surface area contributed by atoms with Gasteiger partial charge in [0, 0.05) is 6.07 Å². The van der Waals surface area contributed by atoms with Gasteiger partial charge in [-0.15, -0.1) is 0 Å². The molecule has 3 nitrogen and oxygen atoms in total. The Morgan fingerprint density at radius 1 is 1.83 bits per heavy atom. The van der Waals surface area contributed by atoms with E-state index in [9.17, 15) is 8.78 Å². The fraction of sp³-hybridized carbons (Fsp3) is 0.286. The lowest BCUT2D eigenvalue weighted by atomic mass is 10.3. The molecule has 12 heavy (non-hydrogen) atoms. The van der Waals surface area contributed by atoms with Crippen LogP contribution in [0.1, 0.15) is 17.6 Å². The van der Waals surface area contributed by atoms with Crippen molar-refractivity contribution in [2.75, 3.05) is 7.04 Å². The molecular formula is C7H7F2NO2. The number of alkyl halides is 2. The van der Waals surface area contributed by atoms with Gasteiger partial charge in [-0.1, -0.05) is 0 Å². The van der Waals surface area contributed by atoms with Crippen LogP contribution in [-0.4, -0.2) is 17.1 Å². The smallest absolute Gasteiger partial charge is 0.284 e. The molecule has 0 atom stereocenters. The summed E-state index contributed by atoms with van der Waals surface area (Å²) in [5.41, 5.74) is -1.16. The van der Waals surface area contributed by atoms with Crippen LogP contribution in [0.15, 0.2) is 12.3 Å². The molecule has 5 heteroatoms. The maximum atomic E-state index is 12.5. The molecule has 1 N–H and O–H groups in total. The second kappa shape index (κ2) is 3.34. The largest absolute Gasteiger partial charge is 0.506 e. The second-order valence-electron chi connectivity index (χ2n) is 1.90. The van der Waals surface area contributed by atoms with Gasteiger partial charge < -0.3 is 9.84 Å². The van der Waals surface area contributed by atoms with Gasteiger partial charge in [-0.2, -0.15) is 0 Å². The van der Waals surface area contributed by atoms with E-state index < -0.39 is 24.9 Å². The van der Waals surface area contributed by atoms with Gasteiger partial charge in [-0.3, -0.25) is 0 Å². The number of ether oxygens (including phenoxy) is 1. The van der Waals surface area contributed by atoms with E-state index in [1.807, 2.05) is 0 Å². The zero-order valence-corrected chi connectivity index (χ0v) is 5.71. The molecule has 0 spiro atoms. The van der Waals surface area contributed by atoms with Crippen LogP contribution in [0.4, 0.5) is 8.78 Å². The van der Waals surface area contributed by atoms with Crippen molar-refractivity contribution < 1.29 is 24.1 Å². The number of hydrogen-bond donors (Lipinski definition) is 1. The maximum Gasteiger partial charge on any atom is 0.284 e. The van der Waals surface area contributed by atoms with Crippen molar-refractivity contribution in [3.8, 4) is 11.5 Å². The third-order valence-corrected chi connectivity index (χ3v) is 1.14. The van der Waals surface area contributed by atoms with Crippen LogP contribution < -0.4 is 4.74 Å². The van der Waals surface area contributed by atoms with Crippen LogP contribution in [0.25, 0.3) is 0 Å². The first-order valence-corrected chi connectivity index (χ1v) is 2.86. The van der Waals surface area contributed by atoms with Gasteiger partial charge in [0.15, 0.2) is 0 Å². The van der Waals surface area contributed by atoms with Crippen LogP contribution in [0.5, 0.6) is 11.5 Å². The predicted octanol–water partition coefficient (Wildman–Crippen LogP) is 1.73. The highest BCUT2D eigenvalue weighted by Crippen LogP contribution is 2.28. The summed E-state index contributed by atoms with van der Waals surface area (Å²) in [4.78, 5) is 3.07. The molecule has 0 amide bonds. The molecule has 0 saturated heterocycles. The number of pyridine rings is 1. The summed E-state index contributed by atoms with van der Waals surface area (Å²) in [6.07, 6.45) is -3.35. The number of halogens is 2. The Morgan fingerprint density at radius 2 is 2.58 bits per heavy atom. The van der Waals surface area contributed by atoms with Crippen LogP contribution in [0.3, 0.4) is 0 Å². The zero-order chi connectivity index (χ0) is 12.6. The quantitative estimate of drug-likeness (QED) is 0.751. The van der Waals surface area contributed by atoms with Crippen molar-refractivity contribution in [3.63, 3.8) is 0 Å². The zero-order valence-electron chi connectivity index (χ0n) is 9.71. The Morgan fingerprint density at radius 3 is 3.08 bits per heavy atom. The molecule has 1 rings (SSSR count). The van der Waals surface area contributed by atoms with E-state index in [-0.39, 0.29) is 5.75 Å². The van der Waals surface area contributed by atoms with E-state index in [1.165, 1.54) is 0 Å². The highest BCUT2D eigenvalue weighted by atomic mass is 19.3. The topological polar surface area (TPSA) is 42.4 Å². The van der Waals surface area contributed by atoms with Gasteiger partial charge in [0.2, 0.25) is 0 Å². The van der Waals surface area contributed by atoms with Crippen molar-refractivity contribution >= 4 is 0 Å². The van der Waals surface area contributed by atoms with Crippen LogP contribution in [-0.2, 0) is 0 Å². The molecule has 0 bridgehead atoms. The van der Waals surface area contributed by atoms with Crippen LogP contribution >= 0.6 is 0 Å². The number of nitrogens with zero attached hydrogens (tertiary/aromatic N) is 1.